The third-order valence-electron chi connectivity index (χ3n) is 4.11. The molecule has 0 spiro atoms. The molecular formula is C15H25N3. The number of rotatable bonds is 3. The number of anilines is 1. The average molecular weight is 247 g/mol. The second-order valence-electron chi connectivity index (χ2n) is 5.61. The number of pyridine rings is 1. The van der Waals surface area contributed by atoms with E-state index >= 15 is 0 Å². The summed E-state index contributed by atoms with van der Waals surface area (Å²) >= 11 is 0. The molecule has 0 aromatic carbocycles. The Morgan fingerprint density at radius 1 is 1.39 bits per heavy atom. The van der Waals surface area contributed by atoms with Gasteiger partial charge in [-0.2, -0.15) is 0 Å². The summed E-state index contributed by atoms with van der Waals surface area (Å²) in [4.78, 5) is 7.13. The molecule has 1 N–H and O–H groups in total. The van der Waals surface area contributed by atoms with Crippen molar-refractivity contribution < 1.29 is 0 Å². The van der Waals surface area contributed by atoms with Gasteiger partial charge in [-0.3, -0.25) is 0 Å². The van der Waals surface area contributed by atoms with Crippen molar-refractivity contribution in [3.05, 3.63) is 23.9 Å². The highest BCUT2D eigenvalue weighted by Crippen LogP contribution is 2.30. The first-order valence-corrected chi connectivity index (χ1v) is 7.02. The van der Waals surface area contributed by atoms with Crippen LogP contribution in [0, 0.1) is 5.92 Å². The van der Waals surface area contributed by atoms with Crippen LogP contribution in [0.5, 0.6) is 0 Å². The van der Waals surface area contributed by atoms with Crippen LogP contribution in [0.1, 0.15) is 45.2 Å². The molecule has 1 aromatic heterocycles. The van der Waals surface area contributed by atoms with Crippen molar-refractivity contribution in [2.45, 2.75) is 45.7 Å². The Morgan fingerprint density at radius 2 is 2.17 bits per heavy atom. The molecule has 0 aliphatic carbocycles. The quantitative estimate of drug-likeness (QED) is 0.890. The first-order valence-electron chi connectivity index (χ1n) is 7.02. The molecule has 0 amide bonds. The maximum Gasteiger partial charge on any atom is 0.133 e. The lowest BCUT2D eigenvalue weighted by Gasteiger charge is -2.39. The lowest BCUT2D eigenvalue weighted by Crippen LogP contribution is -2.42. The summed E-state index contributed by atoms with van der Waals surface area (Å²) in [6.07, 6.45) is 4.51. The second kappa shape index (κ2) is 5.70. The first-order chi connectivity index (χ1) is 8.63. The average Bonchev–Trinajstić information content (AvgIpc) is 2.40. The molecule has 3 atom stereocenters. The van der Waals surface area contributed by atoms with Crippen molar-refractivity contribution >= 4 is 5.82 Å². The fraction of sp³-hybridized carbons (Fsp3) is 0.667. The van der Waals surface area contributed by atoms with Gasteiger partial charge in [-0.15, -0.1) is 0 Å². The van der Waals surface area contributed by atoms with Crippen molar-refractivity contribution in [3.8, 4) is 0 Å². The van der Waals surface area contributed by atoms with E-state index in [0.717, 1.165) is 12.5 Å². The number of aromatic nitrogens is 1. The summed E-state index contributed by atoms with van der Waals surface area (Å²) in [5, 5.41) is 3.32. The van der Waals surface area contributed by atoms with Crippen LogP contribution in [-0.4, -0.2) is 24.6 Å². The zero-order valence-corrected chi connectivity index (χ0v) is 12.0. The van der Waals surface area contributed by atoms with Crippen LogP contribution in [0.2, 0.25) is 0 Å². The Labute approximate surface area is 111 Å². The van der Waals surface area contributed by atoms with Crippen molar-refractivity contribution in [3.63, 3.8) is 0 Å². The minimum absolute atomic E-state index is 0.345. The van der Waals surface area contributed by atoms with Crippen LogP contribution >= 0.6 is 0 Å². The van der Waals surface area contributed by atoms with E-state index in [9.17, 15) is 0 Å². The molecule has 1 aliphatic heterocycles. The highest BCUT2D eigenvalue weighted by molar-refractivity contribution is 5.49. The molecule has 18 heavy (non-hydrogen) atoms. The fourth-order valence-electron chi connectivity index (χ4n) is 2.73. The number of hydrogen-bond donors (Lipinski definition) is 1. The van der Waals surface area contributed by atoms with Gasteiger partial charge in [0.2, 0.25) is 0 Å². The minimum atomic E-state index is 0.345. The van der Waals surface area contributed by atoms with Crippen LogP contribution in [0.4, 0.5) is 5.82 Å². The topological polar surface area (TPSA) is 28.2 Å². The summed E-state index contributed by atoms with van der Waals surface area (Å²) < 4.78 is 0. The Kier molecular flexibility index (Phi) is 4.23. The van der Waals surface area contributed by atoms with Gasteiger partial charge in [0.15, 0.2) is 0 Å². The van der Waals surface area contributed by atoms with Gasteiger partial charge < -0.3 is 10.2 Å². The zero-order chi connectivity index (χ0) is 13.1. The molecule has 1 aromatic rings. The zero-order valence-electron chi connectivity index (χ0n) is 12.0. The van der Waals surface area contributed by atoms with E-state index in [1.54, 1.807) is 0 Å². The van der Waals surface area contributed by atoms with Crippen LogP contribution < -0.4 is 10.2 Å². The Balaban J connectivity index is 2.31. The summed E-state index contributed by atoms with van der Waals surface area (Å²) in [6.45, 7) is 7.97. The van der Waals surface area contributed by atoms with Gasteiger partial charge in [0, 0.05) is 30.4 Å². The van der Waals surface area contributed by atoms with Gasteiger partial charge in [-0.1, -0.05) is 13.0 Å². The maximum atomic E-state index is 4.64. The SMILES string of the molecule is CNC(C)c1cccnc1N1CC(C)CCC1C. The Hall–Kier alpha value is -1.09. The minimum Gasteiger partial charge on any atom is -0.353 e. The molecule has 0 saturated carbocycles. The number of hydrogen-bond acceptors (Lipinski definition) is 3. The number of nitrogens with zero attached hydrogens (tertiary/aromatic N) is 2. The number of piperidine rings is 1. The molecule has 3 heteroatoms. The molecule has 3 nitrogen and oxygen atoms in total. The molecule has 0 radical (unpaired) electrons. The molecule has 0 bridgehead atoms. The van der Waals surface area contributed by atoms with Crippen molar-refractivity contribution in [1.82, 2.24) is 10.3 Å². The van der Waals surface area contributed by atoms with Crippen molar-refractivity contribution in [2.75, 3.05) is 18.5 Å². The van der Waals surface area contributed by atoms with Gasteiger partial charge in [0.25, 0.3) is 0 Å². The second-order valence-corrected chi connectivity index (χ2v) is 5.61. The Bertz CT molecular complexity index is 391. The predicted octanol–water partition coefficient (Wildman–Crippen LogP) is 2.99. The molecule has 2 rings (SSSR count). The molecular weight excluding hydrogens is 222 g/mol. The van der Waals surface area contributed by atoms with Gasteiger partial charge in [-0.05, 0) is 45.7 Å². The molecule has 1 fully saturated rings. The molecule has 1 aliphatic rings. The van der Waals surface area contributed by atoms with Crippen LogP contribution in [-0.2, 0) is 0 Å². The summed E-state index contributed by atoms with van der Waals surface area (Å²) in [5.41, 5.74) is 1.31. The molecule has 2 heterocycles. The molecule has 1 saturated heterocycles. The van der Waals surface area contributed by atoms with E-state index < -0.39 is 0 Å². The fourth-order valence-corrected chi connectivity index (χ4v) is 2.73. The molecule has 3 unspecified atom stereocenters. The van der Waals surface area contributed by atoms with E-state index in [0.29, 0.717) is 12.1 Å². The monoisotopic (exact) mass is 247 g/mol. The largest absolute Gasteiger partial charge is 0.353 e. The highest BCUT2D eigenvalue weighted by Gasteiger charge is 2.26. The van der Waals surface area contributed by atoms with Crippen molar-refractivity contribution in [1.29, 1.82) is 0 Å². The number of nitrogens with one attached hydrogen (secondary N) is 1. The lowest BCUT2D eigenvalue weighted by molar-refractivity contribution is 0.386. The smallest absolute Gasteiger partial charge is 0.133 e. The third-order valence-corrected chi connectivity index (χ3v) is 4.11. The maximum absolute atomic E-state index is 4.64. The van der Waals surface area contributed by atoms with E-state index in [1.165, 1.54) is 24.2 Å². The highest BCUT2D eigenvalue weighted by atomic mass is 15.2. The van der Waals surface area contributed by atoms with E-state index in [2.05, 4.69) is 42.0 Å². The van der Waals surface area contributed by atoms with Crippen LogP contribution in [0.3, 0.4) is 0 Å². The summed E-state index contributed by atoms with van der Waals surface area (Å²) in [5.74, 6) is 1.93. The van der Waals surface area contributed by atoms with Gasteiger partial charge in [0.05, 0.1) is 0 Å². The van der Waals surface area contributed by atoms with Crippen LogP contribution in [0.25, 0.3) is 0 Å². The van der Waals surface area contributed by atoms with E-state index in [1.807, 2.05) is 19.3 Å². The summed E-state index contributed by atoms with van der Waals surface area (Å²) in [6, 6.07) is 5.16. The predicted molar refractivity (Wildman–Crippen MR) is 76.9 cm³/mol. The first kappa shape index (κ1) is 13.3. The standard InChI is InChI=1S/C15H25N3/c1-11-7-8-12(2)18(10-11)15-14(13(3)16-4)6-5-9-17-15/h5-6,9,11-13,16H,7-8,10H2,1-4H3. The Morgan fingerprint density at radius 3 is 2.89 bits per heavy atom. The molecule has 100 valence electrons. The van der Waals surface area contributed by atoms with E-state index in [4.69, 9.17) is 0 Å². The summed E-state index contributed by atoms with van der Waals surface area (Å²) in [7, 11) is 2.00. The van der Waals surface area contributed by atoms with Crippen LogP contribution in [0.15, 0.2) is 18.3 Å². The normalized spacial score (nSPS) is 26.1. The van der Waals surface area contributed by atoms with Crippen molar-refractivity contribution in [2.24, 2.45) is 5.92 Å². The van der Waals surface area contributed by atoms with Gasteiger partial charge >= 0.3 is 0 Å². The lowest BCUT2D eigenvalue weighted by atomic mass is 9.94. The van der Waals surface area contributed by atoms with Gasteiger partial charge in [0.1, 0.15) is 5.82 Å². The third kappa shape index (κ3) is 2.66. The van der Waals surface area contributed by atoms with Gasteiger partial charge in [-0.25, -0.2) is 4.98 Å². The van der Waals surface area contributed by atoms with E-state index in [-0.39, 0.29) is 0 Å².